The molecule has 2 heterocycles. The van der Waals surface area contributed by atoms with Crippen LogP contribution in [0.3, 0.4) is 0 Å². The molecule has 0 unspecified atom stereocenters. The second-order valence-electron chi connectivity index (χ2n) is 8.02. The van der Waals surface area contributed by atoms with Gasteiger partial charge in [0.2, 0.25) is 0 Å². The minimum absolute atomic E-state index is 0.177. The zero-order chi connectivity index (χ0) is 24.6. The number of aromatic nitrogens is 1. The predicted molar refractivity (Wildman–Crippen MR) is 128 cm³/mol. The van der Waals surface area contributed by atoms with Crippen molar-refractivity contribution < 1.29 is 24.3 Å². The average molecular weight is 458 g/mol. The summed E-state index contributed by atoms with van der Waals surface area (Å²) in [7, 11) is 0. The summed E-state index contributed by atoms with van der Waals surface area (Å²) in [5, 5.41) is 17.0. The van der Waals surface area contributed by atoms with Gasteiger partial charge in [-0.2, -0.15) is 0 Å². The molecule has 9 heteroatoms. The van der Waals surface area contributed by atoms with Crippen molar-refractivity contribution in [2.45, 2.75) is 20.8 Å². The van der Waals surface area contributed by atoms with Gasteiger partial charge in [0, 0.05) is 28.2 Å². The average Bonchev–Trinajstić information content (AvgIpc) is 3.23. The molecular formula is C25H22N4O5. The molecule has 0 fully saturated rings. The van der Waals surface area contributed by atoms with E-state index in [0.29, 0.717) is 45.0 Å². The normalized spacial score (nSPS) is 13.4. The van der Waals surface area contributed by atoms with Crippen molar-refractivity contribution in [1.29, 1.82) is 0 Å². The summed E-state index contributed by atoms with van der Waals surface area (Å²) >= 11 is 0. The molecule has 3 aromatic rings. The van der Waals surface area contributed by atoms with Crippen LogP contribution in [-0.2, 0) is 4.79 Å². The lowest BCUT2D eigenvalue weighted by Gasteiger charge is -2.08. The van der Waals surface area contributed by atoms with E-state index in [1.807, 2.05) is 6.92 Å². The summed E-state index contributed by atoms with van der Waals surface area (Å²) in [6, 6.07) is 11.0. The van der Waals surface area contributed by atoms with Gasteiger partial charge in [-0.1, -0.05) is 23.8 Å². The van der Waals surface area contributed by atoms with E-state index >= 15 is 0 Å². The van der Waals surface area contributed by atoms with E-state index in [2.05, 4.69) is 20.9 Å². The van der Waals surface area contributed by atoms with Crippen molar-refractivity contribution in [3.8, 4) is 0 Å². The smallest absolute Gasteiger partial charge is 0.337 e. The molecule has 0 aliphatic carbocycles. The molecule has 0 radical (unpaired) electrons. The van der Waals surface area contributed by atoms with Gasteiger partial charge in [0.1, 0.15) is 0 Å². The van der Waals surface area contributed by atoms with Crippen LogP contribution < -0.4 is 16.0 Å². The highest BCUT2D eigenvalue weighted by molar-refractivity contribution is 6.35. The lowest BCUT2D eigenvalue weighted by molar-refractivity contribution is -0.110. The highest BCUT2D eigenvalue weighted by Crippen LogP contribution is 2.35. The third-order valence-corrected chi connectivity index (χ3v) is 5.58. The molecule has 0 saturated carbocycles. The van der Waals surface area contributed by atoms with E-state index in [9.17, 15) is 24.3 Å². The lowest BCUT2D eigenvalue weighted by Crippen LogP contribution is -2.34. The molecular weight excluding hydrogens is 436 g/mol. The Balaban J connectivity index is 1.52. The Morgan fingerprint density at radius 1 is 1.00 bits per heavy atom. The first-order valence-corrected chi connectivity index (χ1v) is 10.4. The van der Waals surface area contributed by atoms with Crippen molar-refractivity contribution in [3.63, 3.8) is 0 Å². The van der Waals surface area contributed by atoms with Crippen LogP contribution >= 0.6 is 0 Å². The van der Waals surface area contributed by atoms with Gasteiger partial charge in [-0.3, -0.25) is 14.9 Å². The molecule has 0 atom stereocenters. The molecule has 0 saturated heterocycles. The molecule has 34 heavy (non-hydrogen) atoms. The second-order valence-corrected chi connectivity index (χ2v) is 8.02. The Labute approximate surface area is 194 Å². The number of imide groups is 1. The molecule has 1 aliphatic rings. The van der Waals surface area contributed by atoms with E-state index < -0.39 is 17.9 Å². The number of rotatable bonds is 4. The molecule has 1 aliphatic heterocycles. The van der Waals surface area contributed by atoms with Crippen LogP contribution in [0.5, 0.6) is 0 Å². The number of aromatic amines is 1. The SMILES string of the molecule is Cc1ccc(C(=O)NC(=O)Nc2ccc3c(c2)NC(=O)/C3=C\c2[nH]c(C)c(C(=O)O)c2C)cc1. The summed E-state index contributed by atoms with van der Waals surface area (Å²) in [5.41, 5.74) is 4.94. The van der Waals surface area contributed by atoms with E-state index in [1.165, 1.54) is 0 Å². The van der Waals surface area contributed by atoms with Crippen molar-refractivity contribution in [3.05, 3.63) is 81.7 Å². The number of carboxylic acids is 1. The number of anilines is 2. The zero-order valence-corrected chi connectivity index (χ0v) is 18.7. The molecule has 2 aromatic carbocycles. The topological polar surface area (TPSA) is 140 Å². The maximum absolute atomic E-state index is 12.6. The van der Waals surface area contributed by atoms with Crippen LogP contribution in [0.25, 0.3) is 11.6 Å². The molecule has 4 rings (SSSR count). The Morgan fingerprint density at radius 3 is 2.35 bits per heavy atom. The number of nitrogens with one attached hydrogen (secondary N) is 4. The number of aryl methyl sites for hydroxylation is 2. The Morgan fingerprint density at radius 2 is 1.71 bits per heavy atom. The number of carboxylic acid groups (broad SMARTS) is 1. The van der Waals surface area contributed by atoms with Gasteiger partial charge in [-0.25, -0.2) is 9.59 Å². The van der Waals surface area contributed by atoms with Crippen molar-refractivity contribution >= 4 is 46.8 Å². The first-order chi connectivity index (χ1) is 16.1. The molecule has 1 aromatic heterocycles. The number of fused-ring (bicyclic) bond motifs is 1. The first kappa shape index (κ1) is 22.5. The fraction of sp³-hybridized carbons (Fsp3) is 0.120. The van der Waals surface area contributed by atoms with Crippen LogP contribution in [0, 0.1) is 20.8 Å². The highest BCUT2D eigenvalue weighted by Gasteiger charge is 2.26. The van der Waals surface area contributed by atoms with E-state index in [4.69, 9.17) is 0 Å². The van der Waals surface area contributed by atoms with E-state index in [0.717, 1.165) is 5.56 Å². The third-order valence-electron chi connectivity index (χ3n) is 5.58. The maximum Gasteiger partial charge on any atom is 0.337 e. The molecule has 0 spiro atoms. The highest BCUT2D eigenvalue weighted by atomic mass is 16.4. The van der Waals surface area contributed by atoms with E-state index in [1.54, 1.807) is 62.4 Å². The largest absolute Gasteiger partial charge is 0.478 e. The summed E-state index contributed by atoms with van der Waals surface area (Å²) in [6.45, 7) is 5.24. The van der Waals surface area contributed by atoms with Gasteiger partial charge in [0.25, 0.3) is 11.8 Å². The molecule has 172 valence electrons. The zero-order valence-electron chi connectivity index (χ0n) is 18.7. The fourth-order valence-electron chi connectivity index (χ4n) is 3.84. The number of hydrogen-bond acceptors (Lipinski definition) is 4. The quantitative estimate of drug-likeness (QED) is 0.375. The van der Waals surface area contributed by atoms with Crippen LogP contribution in [0.2, 0.25) is 0 Å². The number of carbonyl (C=O) groups is 4. The fourth-order valence-corrected chi connectivity index (χ4v) is 3.84. The number of benzene rings is 2. The minimum Gasteiger partial charge on any atom is -0.478 e. The lowest BCUT2D eigenvalue weighted by atomic mass is 10.0. The van der Waals surface area contributed by atoms with Crippen molar-refractivity contribution in [1.82, 2.24) is 10.3 Å². The number of amides is 4. The Bertz CT molecular complexity index is 1380. The third kappa shape index (κ3) is 4.31. The Kier molecular flexibility index (Phi) is 5.77. The minimum atomic E-state index is -1.04. The van der Waals surface area contributed by atoms with Gasteiger partial charge in [0.05, 0.1) is 16.8 Å². The maximum atomic E-state index is 12.6. The molecule has 4 amide bonds. The number of urea groups is 1. The van der Waals surface area contributed by atoms with Crippen LogP contribution in [0.1, 0.15) is 48.8 Å². The standard InChI is InChI=1S/C25H22N4O5/c1-12-4-6-15(7-5-12)22(30)29-25(34)27-16-8-9-17-18(23(31)28-20(17)10-16)11-19-13(2)21(24(32)33)14(3)26-19/h4-11,26H,1-3H3,(H,28,31)(H,32,33)(H2,27,29,30,34)/b18-11-. The molecule has 9 nitrogen and oxygen atoms in total. The Hall–Kier alpha value is -4.66. The number of hydrogen-bond donors (Lipinski definition) is 5. The number of H-pyrrole nitrogens is 1. The van der Waals surface area contributed by atoms with Crippen molar-refractivity contribution in [2.24, 2.45) is 0 Å². The van der Waals surface area contributed by atoms with Gasteiger partial charge in [0.15, 0.2) is 0 Å². The second kappa shape index (κ2) is 8.70. The molecule has 5 N–H and O–H groups in total. The van der Waals surface area contributed by atoms with Crippen LogP contribution in [-0.4, -0.2) is 33.9 Å². The van der Waals surface area contributed by atoms with Gasteiger partial charge in [-0.05, 0) is 56.7 Å². The first-order valence-electron chi connectivity index (χ1n) is 10.4. The number of aromatic carboxylic acids is 1. The van der Waals surface area contributed by atoms with Crippen molar-refractivity contribution in [2.75, 3.05) is 10.6 Å². The summed E-state index contributed by atoms with van der Waals surface area (Å²) in [6.07, 6.45) is 1.61. The monoisotopic (exact) mass is 458 g/mol. The van der Waals surface area contributed by atoms with Crippen LogP contribution in [0.4, 0.5) is 16.2 Å². The molecule has 0 bridgehead atoms. The van der Waals surface area contributed by atoms with Crippen LogP contribution in [0.15, 0.2) is 42.5 Å². The summed E-state index contributed by atoms with van der Waals surface area (Å²) in [4.78, 5) is 51.5. The van der Waals surface area contributed by atoms with Gasteiger partial charge in [-0.15, -0.1) is 0 Å². The number of carbonyl (C=O) groups excluding carboxylic acids is 3. The van der Waals surface area contributed by atoms with Gasteiger partial charge >= 0.3 is 12.0 Å². The summed E-state index contributed by atoms with van der Waals surface area (Å²) in [5.74, 6) is -1.92. The van der Waals surface area contributed by atoms with E-state index in [-0.39, 0.29) is 11.5 Å². The van der Waals surface area contributed by atoms with Gasteiger partial charge < -0.3 is 20.7 Å². The predicted octanol–water partition coefficient (Wildman–Crippen LogP) is 4.09. The summed E-state index contributed by atoms with van der Waals surface area (Å²) < 4.78 is 0.